The minimum Gasteiger partial charge on any atom is -0.376 e. The lowest BCUT2D eigenvalue weighted by atomic mass is 9.98. The standard InChI is InChI=1S/C24H21F3N8O/c1-32(2)15-6-7-19-16(11-30-34(19)12-15)23(36)33-9-8-17-21(29-13-28-17)22(33)18-10-14-4-3-5-20(24(25,26)27)35(14)31-18/h3-7,10-13,22H,8-9H2,1-2H3,(H,28,29)/t22-/m1/s1. The molecule has 0 aliphatic carbocycles. The van der Waals surface area contributed by atoms with Crippen LogP contribution in [0.25, 0.3) is 11.0 Å². The Labute approximate surface area is 202 Å². The highest BCUT2D eigenvalue weighted by Gasteiger charge is 2.39. The monoisotopic (exact) mass is 494 g/mol. The zero-order valence-electron chi connectivity index (χ0n) is 19.4. The Morgan fingerprint density at radius 2 is 2.03 bits per heavy atom. The van der Waals surface area contributed by atoms with Crippen molar-refractivity contribution in [3.05, 3.63) is 83.5 Å². The molecule has 1 N–H and O–H groups in total. The van der Waals surface area contributed by atoms with Crippen molar-refractivity contribution < 1.29 is 18.0 Å². The average molecular weight is 494 g/mol. The third-order valence-electron chi connectivity index (χ3n) is 6.51. The molecular weight excluding hydrogens is 473 g/mol. The molecule has 1 amide bonds. The number of hydrogen-bond acceptors (Lipinski definition) is 5. The quantitative estimate of drug-likeness (QED) is 0.414. The first-order valence-corrected chi connectivity index (χ1v) is 11.3. The van der Waals surface area contributed by atoms with Crippen molar-refractivity contribution in [3.63, 3.8) is 0 Å². The molecule has 36 heavy (non-hydrogen) atoms. The van der Waals surface area contributed by atoms with E-state index in [1.807, 2.05) is 37.3 Å². The molecule has 0 spiro atoms. The largest absolute Gasteiger partial charge is 0.433 e. The number of alkyl halides is 3. The number of pyridine rings is 2. The summed E-state index contributed by atoms with van der Waals surface area (Å²) in [6, 6.07) is 8.42. The number of nitrogens with zero attached hydrogens (tertiary/aromatic N) is 7. The fourth-order valence-electron chi connectivity index (χ4n) is 4.74. The summed E-state index contributed by atoms with van der Waals surface area (Å²) in [6.07, 6.45) is 0.820. The number of anilines is 1. The summed E-state index contributed by atoms with van der Waals surface area (Å²) >= 11 is 0. The van der Waals surface area contributed by atoms with Crippen LogP contribution in [0.3, 0.4) is 0 Å². The smallest absolute Gasteiger partial charge is 0.376 e. The number of halogens is 3. The van der Waals surface area contributed by atoms with E-state index in [0.29, 0.717) is 35.4 Å². The Morgan fingerprint density at radius 3 is 2.81 bits per heavy atom. The number of rotatable bonds is 3. The molecule has 5 aromatic heterocycles. The van der Waals surface area contributed by atoms with Crippen LogP contribution in [0, 0.1) is 0 Å². The van der Waals surface area contributed by atoms with Gasteiger partial charge in [0.1, 0.15) is 11.7 Å². The minimum absolute atomic E-state index is 0.280. The maximum atomic E-state index is 13.9. The molecule has 12 heteroatoms. The molecule has 1 aliphatic rings. The van der Waals surface area contributed by atoms with Crippen molar-refractivity contribution in [3.8, 4) is 0 Å². The van der Waals surface area contributed by atoms with Crippen LogP contribution in [0.15, 0.2) is 55.1 Å². The zero-order valence-corrected chi connectivity index (χ0v) is 19.4. The first-order valence-electron chi connectivity index (χ1n) is 11.3. The van der Waals surface area contributed by atoms with Crippen LogP contribution in [-0.2, 0) is 12.6 Å². The number of carbonyl (C=O) groups is 1. The van der Waals surface area contributed by atoms with Crippen LogP contribution < -0.4 is 4.90 Å². The van der Waals surface area contributed by atoms with Crippen molar-refractivity contribution in [2.24, 2.45) is 0 Å². The van der Waals surface area contributed by atoms with Crippen LogP contribution in [0.2, 0.25) is 0 Å². The van der Waals surface area contributed by atoms with Gasteiger partial charge in [0.05, 0.1) is 52.4 Å². The maximum absolute atomic E-state index is 13.9. The topological polar surface area (TPSA) is 86.8 Å². The Kier molecular flexibility index (Phi) is 4.82. The summed E-state index contributed by atoms with van der Waals surface area (Å²) in [5, 5.41) is 8.67. The van der Waals surface area contributed by atoms with E-state index in [1.165, 1.54) is 18.6 Å². The molecule has 0 radical (unpaired) electrons. The molecule has 0 bridgehead atoms. The van der Waals surface area contributed by atoms with Crippen LogP contribution in [0.1, 0.15) is 39.2 Å². The van der Waals surface area contributed by atoms with Gasteiger partial charge in [0.2, 0.25) is 0 Å². The second-order valence-electron chi connectivity index (χ2n) is 8.90. The normalized spacial score (nSPS) is 16.0. The van der Waals surface area contributed by atoms with Crippen LogP contribution in [0.5, 0.6) is 0 Å². The lowest BCUT2D eigenvalue weighted by Crippen LogP contribution is -2.41. The fraction of sp³-hybridized carbons (Fsp3) is 0.250. The van der Waals surface area contributed by atoms with Crippen molar-refractivity contribution >= 4 is 22.6 Å². The second kappa shape index (κ2) is 7.83. The predicted octanol–water partition coefficient (Wildman–Crippen LogP) is 3.58. The minimum atomic E-state index is -4.58. The van der Waals surface area contributed by atoms with E-state index in [2.05, 4.69) is 20.2 Å². The number of carbonyl (C=O) groups excluding carboxylic acids is 1. The van der Waals surface area contributed by atoms with Gasteiger partial charge in [0.25, 0.3) is 5.91 Å². The third kappa shape index (κ3) is 3.40. The third-order valence-corrected chi connectivity index (χ3v) is 6.51. The van der Waals surface area contributed by atoms with Gasteiger partial charge in [-0.1, -0.05) is 6.07 Å². The number of aromatic nitrogens is 6. The molecular formula is C24H21F3N8O. The van der Waals surface area contributed by atoms with Crippen LogP contribution in [-0.4, -0.2) is 60.6 Å². The number of imidazole rings is 1. The van der Waals surface area contributed by atoms with E-state index in [-0.39, 0.29) is 11.4 Å². The summed E-state index contributed by atoms with van der Waals surface area (Å²) in [6.45, 7) is 0.339. The Morgan fingerprint density at radius 1 is 1.19 bits per heavy atom. The molecule has 1 aliphatic heterocycles. The van der Waals surface area contributed by atoms with E-state index in [4.69, 9.17) is 0 Å². The summed E-state index contributed by atoms with van der Waals surface area (Å²) < 4.78 is 43.4. The van der Waals surface area contributed by atoms with Crippen LogP contribution >= 0.6 is 0 Å². The molecule has 6 heterocycles. The van der Waals surface area contributed by atoms with Crippen molar-refractivity contribution in [2.75, 3.05) is 25.5 Å². The van der Waals surface area contributed by atoms with Crippen molar-refractivity contribution in [2.45, 2.75) is 18.6 Å². The summed E-state index contributed by atoms with van der Waals surface area (Å²) in [5.41, 5.74) is 3.04. The van der Waals surface area contributed by atoms with Gasteiger partial charge >= 0.3 is 6.18 Å². The number of aromatic amines is 1. The molecule has 0 unspecified atom stereocenters. The Bertz CT molecular complexity index is 1610. The molecule has 5 aromatic rings. The van der Waals surface area contributed by atoms with E-state index >= 15 is 0 Å². The highest BCUT2D eigenvalue weighted by atomic mass is 19.4. The maximum Gasteiger partial charge on any atom is 0.433 e. The summed E-state index contributed by atoms with van der Waals surface area (Å²) in [4.78, 5) is 24.9. The van der Waals surface area contributed by atoms with E-state index in [1.54, 1.807) is 21.5 Å². The molecule has 0 saturated carbocycles. The average Bonchev–Trinajstić information content (AvgIpc) is 3.59. The van der Waals surface area contributed by atoms with E-state index in [9.17, 15) is 18.0 Å². The molecule has 6 rings (SSSR count). The number of amides is 1. The second-order valence-corrected chi connectivity index (χ2v) is 8.90. The number of H-pyrrole nitrogens is 1. The fourth-order valence-corrected chi connectivity index (χ4v) is 4.74. The number of fused-ring (bicyclic) bond motifs is 3. The van der Waals surface area contributed by atoms with Gasteiger partial charge in [0, 0.05) is 32.8 Å². The molecule has 0 fully saturated rings. The summed E-state index contributed by atoms with van der Waals surface area (Å²) in [7, 11) is 3.82. The van der Waals surface area contributed by atoms with Gasteiger partial charge in [-0.2, -0.15) is 23.4 Å². The predicted molar refractivity (Wildman–Crippen MR) is 125 cm³/mol. The SMILES string of the molecule is CN(C)c1ccc2c(C(=O)N3CCc4[nH]cnc4[C@H]3c3cc4cccc(C(F)(F)F)n4n3)cnn2c1. The highest BCUT2D eigenvalue weighted by Crippen LogP contribution is 2.36. The van der Waals surface area contributed by atoms with E-state index < -0.39 is 17.9 Å². The molecule has 0 saturated heterocycles. The van der Waals surface area contributed by atoms with Gasteiger partial charge in [-0.25, -0.2) is 14.0 Å². The first kappa shape index (κ1) is 22.1. The van der Waals surface area contributed by atoms with Gasteiger partial charge in [-0.3, -0.25) is 4.79 Å². The summed E-state index contributed by atoms with van der Waals surface area (Å²) in [5.74, 6) is -0.297. The van der Waals surface area contributed by atoms with Gasteiger partial charge in [-0.15, -0.1) is 0 Å². The number of nitrogens with one attached hydrogen (secondary N) is 1. The Balaban J connectivity index is 1.46. The van der Waals surface area contributed by atoms with Crippen molar-refractivity contribution in [1.29, 1.82) is 0 Å². The van der Waals surface area contributed by atoms with Gasteiger partial charge < -0.3 is 14.8 Å². The highest BCUT2D eigenvalue weighted by molar-refractivity contribution is 6.01. The van der Waals surface area contributed by atoms with Crippen molar-refractivity contribution in [1.82, 2.24) is 34.1 Å². The van der Waals surface area contributed by atoms with Gasteiger partial charge in [-0.05, 0) is 30.3 Å². The number of hydrogen-bond donors (Lipinski definition) is 1. The van der Waals surface area contributed by atoms with Crippen LogP contribution in [0.4, 0.5) is 18.9 Å². The molecule has 9 nitrogen and oxygen atoms in total. The molecule has 184 valence electrons. The van der Waals surface area contributed by atoms with E-state index in [0.717, 1.165) is 22.0 Å². The molecule has 0 aromatic carbocycles. The zero-order chi connectivity index (χ0) is 25.2. The lowest BCUT2D eigenvalue weighted by Gasteiger charge is -2.33. The Hall–Kier alpha value is -4.35. The van der Waals surface area contributed by atoms with Gasteiger partial charge in [0.15, 0.2) is 0 Å². The lowest BCUT2D eigenvalue weighted by molar-refractivity contribution is -0.142. The molecule has 1 atom stereocenters. The first-order chi connectivity index (χ1) is 17.2.